The van der Waals surface area contributed by atoms with E-state index in [2.05, 4.69) is 10.3 Å². The van der Waals surface area contributed by atoms with Crippen LogP contribution >= 0.6 is 0 Å². The SMILES string of the molecule is Cc1c(C(=O)N(C)Cc2ccc(C#N)cc2)nnn1-c1cccc([N+](=O)[O-])c1. The summed E-state index contributed by atoms with van der Waals surface area (Å²) in [6.07, 6.45) is 0. The first-order valence-electron chi connectivity index (χ1n) is 8.32. The van der Waals surface area contributed by atoms with Crippen molar-refractivity contribution in [3.8, 4) is 11.8 Å². The summed E-state index contributed by atoms with van der Waals surface area (Å²) in [7, 11) is 1.65. The number of aromatic nitrogens is 3. The number of amides is 1. The molecule has 28 heavy (non-hydrogen) atoms. The Morgan fingerprint density at radius 1 is 1.29 bits per heavy atom. The van der Waals surface area contributed by atoms with Crippen LogP contribution < -0.4 is 0 Å². The van der Waals surface area contributed by atoms with Gasteiger partial charge < -0.3 is 4.90 Å². The molecular weight excluding hydrogens is 360 g/mol. The number of rotatable bonds is 5. The summed E-state index contributed by atoms with van der Waals surface area (Å²) in [4.78, 5) is 24.7. The van der Waals surface area contributed by atoms with Gasteiger partial charge in [-0.05, 0) is 30.7 Å². The summed E-state index contributed by atoms with van der Waals surface area (Å²) < 4.78 is 1.40. The van der Waals surface area contributed by atoms with Crippen molar-refractivity contribution >= 4 is 11.6 Å². The normalized spacial score (nSPS) is 10.3. The van der Waals surface area contributed by atoms with E-state index in [0.29, 0.717) is 23.5 Å². The number of benzene rings is 2. The molecule has 0 aliphatic rings. The van der Waals surface area contributed by atoms with Crippen LogP contribution in [0.15, 0.2) is 48.5 Å². The fraction of sp³-hybridized carbons (Fsp3) is 0.158. The van der Waals surface area contributed by atoms with Crippen molar-refractivity contribution in [1.82, 2.24) is 19.9 Å². The van der Waals surface area contributed by atoms with Crippen molar-refractivity contribution in [1.29, 1.82) is 5.26 Å². The molecule has 0 saturated carbocycles. The van der Waals surface area contributed by atoms with Gasteiger partial charge >= 0.3 is 0 Å². The zero-order chi connectivity index (χ0) is 20.3. The van der Waals surface area contributed by atoms with Gasteiger partial charge in [0.25, 0.3) is 11.6 Å². The quantitative estimate of drug-likeness (QED) is 0.499. The minimum absolute atomic E-state index is 0.0711. The second-order valence-corrected chi connectivity index (χ2v) is 6.18. The highest BCUT2D eigenvalue weighted by Gasteiger charge is 2.21. The van der Waals surface area contributed by atoms with Gasteiger partial charge in [-0.15, -0.1) is 5.10 Å². The van der Waals surface area contributed by atoms with Crippen molar-refractivity contribution in [2.45, 2.75) is 13.5 Å². The number of carbonyl (C=O) groups is 1. The lowest BCUT2D eigenvalue weighted by molar-refractivity contribution is -0.384. The summed E-state index contributed by atoms with van der Waals surface area (Å²) in [6.45, 7) is 2.02. The highest BCUT2D eigenvalue weighted by atomic mass is 16.6. The van der Waals surface area contributed by atoms with Gasteiger partial charge in [-0.3, -0.25) is 14.9 Å². The molecule has 3 aromatic rings. The maximum Gasteiger partial charge on any atom is 0.276 e. The van der Waals surface area contributed by atoms with Crippen molar-refractivity contribution < 1.29 is 9.72 Å². The number of nitro benzene ring substituents is 1. The second-order valence-electron chi connectivity index (χ2n) is 6.18. The molecule has 0 spiro atoms. The van der Waals surface area contributed by atoms with Gasteiger partial charge in [-0.2, -0.15) is 5.26 Å². The molecular formula is C19H16N6O3. The van der Waals surface area contributed by atoms with Crippen molar-refractivity contribution in [2.24, 2.45) is 0 Å². The molecule has 1 amide bonds. The molecule has 0 aliphatic heterocycles. The van der Waals surface area contributed by atoms with E-state index in [1.807, 2.05) is 6.07 Å². The molecule has 2 aromatic carbocycles. The Hall–Kier alpha value is -4.06. The predicted molar refractivity (Wildman–Crippen MR) is 99.7 cm³/mol. The highest BCUT2D eigenvalue weighted by molar-refractivity contribution is 5.93. The minimum Gasteiger partial charge on any atom is -0.336 e. The van der Waals surface area contributed by atoms with Crippen molar-refractivity contribution in [3.05, 3.63) is 81.2 Å². The van der Waals surface area contributed by atoms with Gasteiger partial charge in [-0.1, -0.05) is 23.4 Å². The molecule has 0 N–H and O–H groups in total. The first-order valence-corrected chi connectivity index (χ1v) is 8.32. The van der Waals surface area contributed by atoms with Crippen LogP contribution in [0.25, 0.3) is 5.69 Å². The van der Waals surface area contributed by atoms with Gasteiger partial charge in [0.05, 0.1) is 27.9 Å². The van der Waals surface area contributed by atoms with Crippen LogP contribution in [0.3, 0.4) is 0 Å². The summed E-state index contributed by atoms with van der Waals surface area (Å²) in [5.74, 6) is -0.321. The fourth-order valence-electron chi connectivity index (χ4n) is 2.72. The van der Waals surface area contributed by atoms with Gasteiger partial charge in [0.1, 0.15) is 0 Å². The number of nitrogens with zero attached hydrogens (tertiary/aromatic N) is 6. The predicted octanol–water partition coefficient (Wildman–Crippen LogP) is 2.63. The van der Waals surface area contributed by atoms with E-state index in [1.165, 1.54) is 21.7 Å². The zero-order valence-corrected chi connectivity index (χ0v) is 15.2. The topological polar surface area (TPSA) is 118 Å². The molecule has 0 unspecified atom stereocenters. The maximum absolute atomic E-state index is 12.8. The second kappa shape index (κ2) is 7.67. The van der Waals surface area contributed by atoms with E-state index < -0.39 is 4.92 Å². The number of non-ortho nitro benzene ring substituents is 1. The smallest absolute Gasteiger partial charge is 0.276 e. The lowest BCUT2D eigenvalue weighted by atomic mass is 10.1. The van der Waals surface area contributed by atoms with E-state index in [-0.39, 0.29) is 17.3 Å². The third kappa shape index (κ3) is 3.71. The lowest BCUT2D eigenvalue weighted by Crippen LogP contribution is -2.27. The fourth-order valence-corrected chi connectivity index (χ4v) is 2.72. The summed E-state index contributed by atoms with van der Waals surface area (Å²) in [5.41, 5.74) is 2.46. The third-order valence-corrected chi connectivity index (χ3v) is 4.23. The average Bonchev–Trinajstić information content (AvgIpc) is 3.09. The Labute approximate surface area is 160 Å². The molecule has 9 nitrogen and oxygen atoms in total. The summed E-state index contributed by atoms with van der Waals surface area (Å²) >= 11 is 0. The molecule has 0 atom stereocenters. The Morgan fingerprint density at radius 3 is 2.64 bits per heavy atom. The van der Waals surface area contributed by atoms with Gasteiger partial charge in [0.15, 0.2) is 5.69 Å². The number of nitriles is 1. The highest BCUT2D eigenvalue weighted by Crippen LogP contribution is 2.19. The molecule has 1 aromatic heterocycles. The number of nitro groups is 1. The Bertz CT molecular complexity index is 1080. The van der Waals surface area contributed by atoms with Crippen LogP contribution in [-0.2, 0) is 6.54 Å². The van der Waals surface area contributed by atoms with Crippen molar-refractivity contribution in [2.75, 3.05) is 7.05 Å². The molecule has 0 aliphatic carbocycles. The summed E-state index contributed by atoms with van der Waals surface area (Å²) in [6, 6.07) is 15.0. The zero-order valence-electron chi connectivity index (χ0n) is 15.2. The van der Waals surface area contributed by atoms with Crippen LogP contribution in [0.5, 0.6) is 0 Å². The third-order valence-electron chi connectivity index (χ3n) is 4.23. The number of carbonyl (C=O) groups excluding carboxylic acids is 1. The Kier molecular flexibility index (Phi) is 5.13. The van der Waals surface area contributed by atoms with Crippen LogP contribution in [-0.4, -0.2) is 37.8 Å². The standard InChI is InChI=1S/C19H16N6O3/c1-13-18(19(26)23(2)12-15-8-6-14(11-20)7-9-15)21-22-24(13)16-4-3-5-17(10-16)25(27)28/h3-10H,12H2,1-2H3. The van der Waals surface area contributed by atoms with E-state index in [1.54, 1.807) is 50.4 Å². The minimum atomic E-state index is -0.493. The maximum atomic E-state index is 12.8. The number of hydrogen-bond donors (Lipinski definition) is 0. The van der Waals surface area contributed by atoms with E-state index in [4.69, 9.17) is 5.26 Å². The van der Waals surface area contributed by atoms with Crippen LogP contribution in [0.1, 0.15) is 27.3 Å². The van der Waals surface area contributed by atoms with Gasteiger partial charge in [0, 0.05) is 25.7 Å². The first-order chi connectivity index (χ1) is 13.4. The average molecular weight is 376 g/mol. The molecule has 140 valence electrons. The number of hydrogen-bond acceptors (Lipinski definition) is 6. The van der Waals surface area contributed by atoms with Gasteiger partial charge in [-0.25, -0.2) is 4.68 Å². The molecule has 9 heteroatoms. The van der Waals surface area contributed by atoms with Crippen LogP contribution in [0, 0.1) is 28.4 Å². The first kappa shape index (κ1) is 18.7. The molecule has 0 fully saturated rings. The summed E-state index contributed by atoms with van der Waals surface area (Å²) in [5, 5.41) is 27.8. The molecule has 0 saturated heterocycles. The van der Waals surface area contributed by atoms with Crippen LogP contribution in [0.4, 0.5) is 5.69 Å². The van der Waals surface area contributed by atoms with E-state index in [0.717, 1.165) is 5.56 Å². The lowest BCUT2D eigenvalue weighted by Gasteiger charge is -2.16. The monoisotopic (exact) mass is 376 g/mol. The largest absolute Gasteiger partial charge is 0.336 e. The van der Waals surface area contributed by atoms with Gasteiger partial charge in [0.2, 0.25) is 0 Å². The Balaban J connectivity index is 1.82. The molecule has 3 rings (SSSR count). The van der Waals surface area contributed by atoms with Crippen molar-refractivity contribution in [3.63, 3.8) is 0 Å². The van der Waals surface area contributed by atoms with E-state index >= 15 is 0 Å². The Morgan fingerprint density at radius 2 is 2.00 bits per heavy atom. The molecule has 0 bridgehead atoms. The molecule has 1 heterocycles. The molecule has 0 radical (unpaired) electrons. The van der Waals surface area contributed by atoms with E-state index in [9.17, 15) is 14.9 Å². The van der Waals surface area contributed by atoms with Crippen LogP contribution in [0.2, 0.25) is 0 Å².